The van der Waals surface area contributed by atoms with E-state index in [-0.39, 0.29) is 70.2 Å². The highest BCUT2D eigenvalue weighted by Crippen LogP contribution is 2.46. The van der Waals surface area contributed by atoms with Crippen LogP contribution >= 0.6 is 11.3 Å². The van der Waals surface area contributed by atoms with Gasteiger partial charge in [-0.15, -0.1) is 0 Å². The Morgan fingerprint density at radius 1 is 1.18 bits per heavy atom. The van der Waals surface area contributed by atoms with Crippen molar-refractivity contribution in [1.29, 1.82) is 0 Å². The summed E-state index contributed by atoms with van der Waals surface area (Å²) in [6.45, 7) is 5.22. The van der Waals surface area contributed by atoms with E-state index in [0.717, 1.165) is 36.0 Å². The summed E-state index contributed by atoms with van der Waals surface area (Å²) in [6, 6.07) is 2.07. The van der Waals surface area contributed by atoms with E-state index in [1.807, 2.05) is 4.90 Å². The van der Waals surface area contributed by atoms with Crippen LogP contribution in [0.1, 0.15) is 37.7 Å². The quantitative estimate of drug-likeness (QED) is 0.175. The van der Waals surface area contributed by atoms with Gasteiger partial charge in [-0.1, -0.05) is 17.9 Å². The van der Waals surface area contributed by atoms with Crippen molar-refractivity contribution in [2.24, 2.45) is 0 Å². The number of alkyl halides is 4. The number of anilines is 2. The highest BCUT2D eigenvalue weighted by Gasteiger charge is 2.49. The van der Waals surface area contributed by atoms with E-state index in [0.29, 0.717) is 32.4 Å². The number of likely N-dealkylation sites (tertiary alicyclic amines) is 1. The third-order valence-electron chi connectivity index (χ3n) is 9.97. The van der Waals surface area contributed by atoms with Gasteiger partial charge in [0, 0.05) is 55.7 Å². The average Bonchev–Trinajstić information content (AvgIpc) is 3.74. The van der Waals surface area contributed by atoms with Crippen LogP contribution in [0.2, 0.25) is 0 Å². The highest BCUT2D eigenvalue weighted by atomic mass is 32.1. The van der Waals surface area contributed by atoms with Gasteiger partial charge in [-0.05, 0) is 56.5 Å². The second kappa shape index (κ2) is 12.3. The molecule has 3 atom stereocenters. The van der Waals surface area contributed by atoms with E-state index in [1.165, 1.54) is 6.08 Å². The van der Waals surface area contributed by atoms with Gasteiger partial charge in [0.1, 0.15) is 29.9 Å². The monoisotopic (exact) mass is 705 g/mol. The summed E-state index contributed by atoms with van der Waals surface area (Å²) >= 11 is 0.735. The molecule has 3 saturated heterocycles. The zero-order valence-corrected chi connectivity index (χ0v) is 27.3. The molecule has 2 N–H and O–H groups in total. The van der Waals surface area contributed by atoms with Gasteiger partial charge in [-0.25, -0.2) is 18.2 Å². The second-order valence-electron chi connectivity index (χ2n) is 12.9. The van der Waals surface area contributed by atoms with Gasteiger partial charge < -0.3 is 20.3 Å². The molecule has 3 aliphatic heterocycles. The van der Waals surface area contributed by atoms with Crippen molar-refractivity contribution < 1.29 is 35.9 Å². The first-order chi connectivity index (χ1) is 23.3. The van der Waals surface area contributed by atoms with Crippen molar-refractivity contribution in [3.05, 3.63) is 48.1 Å². The topological polar surface area (TPSA) is 101 Å². The van der Waals surface area contributed by atoms with Crippen LogP contribution in [0.4, 0.5) is 37.3 Å². The molecule has 16 heteroatoms. The summed E-state index contributed by atoms with van der Waals surface area (Å²) in [5.74, 6) is -2.42. The number of nitrogen functional groups attached to an aromatic ring is 1. The molecule has 1 amide bonds. The van der Waals surface area contributed by atoms with Crippen molar-refractivity contribution in [1.82, 2.24) is 24.8 Å². The molecule has 0 saturated carbocycles. The van der Waals surface area contributed by atoms with Gasteiger partial charge in [0.2, 0.25) is 5.91 Å². The summed E-state index contributed by atoms with van der Waals surface area (Å²) in [5, 5.41) is -0.339. The van der Waals surface area contributed by atoms with E-state index < -0.39 is 52.2 Å². The molecule has 5 heterocycles. The van der Waals surface area contributed by atoms with E-state index >= 15 is 4.39 Å². The number of fused-ring (bicyclic) bond motifs is 3. The molecule has 2 aromatic carbocycles. The fourth-order valence-electron chi connectivity index (χ4n) is 7.63. The zero-order valence-electron chi connectivity index (χ0n) is 26.5. The summed E-state index contributed by atoms with van der Waals surface area (Å²) in [5.41, 5.74) is 2.00. The lowest BCUT2D eigenvalue weighted by Gasteiger charge is -2.38. The van der Waals surface area contributed by atoms with Crippen LogP contribution < -0.4 is 15.4 Å². The first-order valence-electron chi connectivity index (χ1n) is 15.9. The SMILES string of the molecule is C=CC(=O)N1CCCC(N(C)c2nc(OCC34CCCN3CC(F)C4)nc3c(F)c(-c4ccc(F)c5sc(N)nc45)c(C(F)(F)F)cc23)C1. The number of carbonyl (C=O) groups is 1. The lowest BCUT2D eigenvalue weighted by Crippen LogP contribution is -2.48. The number of nitrogens with zero attached hydrogens (tertiary/aromatic N) is 6. The number of nitrogens with two attached hydrogens (primary N) is 1. The van der Waals surface area contributed by atoms with Crippen LogP contribution in [0, 0.1) is 11.6 Å². The number of ether oxygens (including phenoxy) is 1. The second-order valence-corrected chi connectivity index (χ2v) is 14.0. The molecule has 9 nitrogen and oxygen atoms in total. The standard InChI is InChI=1S/C33H33F6N7O2S/c1-3-23(47)45-10-4-6-18(15-45)44(2)29-20-12-21(33(37,38)39)24(19-7-8-22(35)28-27(19)41-30(40)49-28)25(36)26(20)42-31(43-29)48-16-32-9-5-11-46(32)14-17(34)13-32/h3,7-8,12,17-18H,1,4-6,9-11,13-16H2,2H3,(H2,40,41). The minimum atomic E-state index is -5.06. The van der Waals surface area contributed by atoms with Gasteiger partial charge >= 0.3 is 12.2 Å². The van der Waals surface area contributed by atoms with Crippen LogP contribution in [0.15, 0.2) is 30.9 Å². The maximum absolute atomic E-state index is 16.9. The Hall–Kier alpha value is -4.18. The molecule has 0 bridgehead atoms. The molecule has 260 valence electrons. The van der Waals surface area contributed by atoms with E-state index in [4.69, 9.17) is 10.5 Å². The largest absolute Gasteiger partial charge is 0.461 e. The first-order valence-corrected chi connectivity index (χ1v) is 16.7. The van der Waals surface area contributed by atoms with Crippen LogP contribution in [0.5, 0.6) is 6.01 Å². The first kappa shape index (κ1) is 33.3. The average molecular weight is 706 g/mol. The number of thiazole rings is 1. The predicted molar refractivity (Wildman–Crippen MR) is 174 cm³/mol. The lowest BCUT2D eigenvalue weighted by atomic mass is 9.94. The summed E-state index contributed by atoms with van der Waals surface area (Å²) in [4.78, 5) is 30.6. The number of benzene rings is 2. The van der Waals surface area contributed by atoms with Gasteiger partial charge in [0.15, 0.2) is 10.9 Å². The van der Waals surface area contributed by atoms with Crippen molar-refractivity contribution in [3.63, 3.8) is 0 Å². The van der Waals surface area contributed by atoms with Crippen molar-refractivity contribution in [3.8, 4) is 17.1 Å². The number of likely N-dealkylation sites (N-methyl/N-ethyl adjacent to an activating group) is 1. The van der Waals surface area contributed by atoms with Crippen molar-refractivity contribution >= 4 is 49.3 Å². The van der Waals surface area contributed by atoms with Crippen LogP contribution in [0.3, 0.4) is 0 Å². The third kappa shape index (κ3) is 5.81. The molecule has 0 aliphatic carbocycles. The maximum Gasteiger partial charge on any atom is 0.417 e. The predicted octanol–water partition coefficient (Wildman–Crippen LogP) is 6.35. The third-order valence-corrected chi connectivity index (χ3v) is 10.9. The number of piperidine rings is 1. The molecule has 0 spiro atoms. The number of carbonyl (C=O) groups excluding carboxylic acids is 1. The molecule has 0 radical (unpaired) electrons. The van der Waals surface area contributed by atoms with Crippen LogP contribution in [-0.2, 0) is 11.0 Å². The van der Waals surface area contributed by atoms with E-state index in [1.54, 1.807) is 16.8 Å². The molecule has 3 aliphatic rings. The fraction of sp³-hybridized carbons (Fsp3) is 0.455. The number of rotatable bonds is 7. The van der Waals surface area contributed by atoms with E-state index in [9.17, 15) is 26.7 Å². The summed E-state index contributed by atoms with van der Waals surface area (Å²) in [6.07, 6.45) is -1.97. The number of aromatic nitrogens is 3. The molecule has 4 aromatic rings. The highest BCUT2D eigenvalue weighted by molar-refractivity contribution is 7.22. The van der Waals surface area contributed by atoms with Crippen LogP contribution in [-0.4, -0.2) is 88.2 Å². The zero-order chi connectivity index (χ0) is 34.8. The minimum Gasteiger partial charge on any atom is -0.461 e. The minimum absolute atomic E-state index is 0.00107. The molecule has 49 heavy (non-hydrogen) atoms. The molecule has 3 unspecified atom stereocenters. The van der Waals surface area contributed by atoms with Gasteiger partial charge in [-0.2, -0.15) is 23.1 Å². The summed E-state index contributed by atoms with van der Waals surface area (Å²) < 4.78 is 96.7. The summed E-state index contributed by atoms with van der Waals surface area (Å²) in [7, 11) is 1.61. The number of hydrogen-bond acceptors (Lipinski definition) is 9. The normalized spacial score (nSPS) is 23.0. The molecule has 3 fully saturated rings. The molecule has 7 rings (SSSR count). The molecule has 2 aromatic heterocycles. The number of halogens is 6. The Kier molecular flexibility index (Phi) is 8.37. The number of amides is 1. The molecular formula is C33H33F6N7O2S. The van der Waals surface area contributed by atoms with Crippen molar-refractivity contribution in [2.45, 2.75) is 56.0 Å². The Morgan fingerprint density at radius 3 is 2.73 bits per heavy atom. The van der Waals surface area contributed by atoms with Gasteiger partial charge in [0.25, 0.3) is 0 Å². The Labute approximate surface area is 281 Å². The van der Waals surface area contributed by atoms with Gasteiger partial charge in [0.05, 0.1) is 21.3 Å². The lowest BCUT2D eigenvalue weighted by molar-refractivity contribution is -0.137. The van der Waals surface area contributed by atoms with Gasteiger partial charge in [-0.3, -0.25) is 9.69 Å². The van der Waals surface area contributed by atoms with E-state index in [2.05, 4.69) is 21.5 Å². The van der Waals surface area contributed by atoms with Crippen LogP contribution in [0.25, 0.3) is 32.2 Å². The smallest absolute Gasteiger partial charge is 0.417 e. The Balaban J connectivity index is 1.41. The maximum atomic E-state index is 16.9. The molecular weight excluding hydrogens is 672 g/mol. The fourth-order valence-corrected chi connectivity index (χ4v) is 8.39. The number of hydrogen-bond donors (Lipinski definition) is 1. The Morgan fingerprint density at radius 2 is 1.98 bits per heavy atom. The van der Waals surface area contributed by atoms with Crippen molar-refractivity contribution in [2.75, 3.05) is 50.5 Å². The Bertz CT molecular complexity index is 1970.